The number of hydrogen-bond donors (Lipinski definition) is 2. The number of rotatable bonds is 4. The van der Waals surface area contributed by atoms with E-state index in [0.29, 0.717) is 18.3 Å². The van der Waals surface area contributed by atoms with E-state index in [0.717, 1.165) is 11.1 Å². The van der Waals surface area contributed by atoms with Crippen LogP contribution in [-0.4, -0.2) is 11.0 Å². The molecule has 1 aromatic carbocycles. The maximum Gasteiger partial charge on any atom is 0.292 e. The molecule has 0 atom stereocenters. The Morgan fingerprint density at radius 1 is 1.37 bits per heavy atom. The van der Waals surface area contributed by atoms with Gasteiger partial charge in [0.05, 0.1) is 4.92 Å². The zero-order valence-electron chi connectivity index (χ0n) is 11.3. The molecule has 0 radical (unpaired) electrons. The summed E-state index contributed by atoms with van der Waals surface area (Å²) in [6.07, 6.45) is 6.22. The third kappa shape index (κ3) is 3.23. The Kier molecular flexibility index (Phi) is 4.37. The zero-order chi connectivity index (χ0) is 13.8. The molecule has 0 bridgehead atoms. The molecule has 1 fully saturated rings. The van der Waals surface area contributed by atoms with Crippen molar-refractivity contribution >= 4 is 11.4 Å². The van der Waals surface area contributed by atoms with Crippen LogP contribution in [0.1, 0.15) is 43.2 Å². The molecule has 0 amide bonds. The Bertz CT molecular complexity index is 468. The fraction of sp³-hybridized carbons (Fsp3) is 0.571. The number of aryl methyl sites for hydroxylation is 1. The molecule has 5 heteroatoms. The largest absolute Gasteiger partial charge is 0.393 e. The third-order valence-corrected chi connectivity index (χ3v) is 3.94. The minimum Gasteiger partial charge on any atom is -0.393 e. The molecule has 5 nitrogen and oxygen atoms in total. The van der Waals surface area contributed by atoms with Crippen molar-refractivity contribution in [2.75, 3.05) is 5.73 Å². The van der Waals surface area contributed by atoms with Crippen LogP contribution in [-0.2, 0) is 6.54 Å². The van der Waals surface area contributed by atoms with Crippen molar-refractivity contribution in [1.82, 2.24) is 5.32 Å². The van der Waals surface area contributed by atoms with Gasteiger partial charge in [-0.3, -0.25) is 10.1 Å². The first-order valence-electron chi connectivity index (χ1n) is 6.85. The molecule has 0 heterocycles. The second kappa shape index (κ2) is 6.02. The van der Waals surface area contributed by atoms with Gasteiger partial charge in [0.2, 0.25) is 0 Å². The van der Waals surface area contributed by atoms with Gasteiger partial charge >= 0.3 is 0 Å². The molecular formula is C14H21N3O2. The van der Waals surface area contributed by atoms with Crippen LogP contribution in [0.4, 0.5) is 11.4 Å². The molecule has 3 N–H and O–H groups in total. The summed E-state index contributed by atoms with van der Waals surface area (Å²) in [5.41, 5.74) is 8.09. The Morgan fingerprint density at radius 3 is 2.68 bits per heavy atom. The zero-order valence-corrected chi connectivity index (χ0v) is 11.3. The van der Waals surface area contributed by atoms with Crippen LogP contribution >= 0.6 is 0 Å². The molecule has 0 unspecified atom stereocenters. The first kappa shape index (κ1) is 13.8. The number of nitro benzene ring substituents is 1. The summed E-state index contributed by atoms with van der Waals surface area (Å²) in [5.74, 6) is 0. The minimum absolute atomic E-state index is 0.00560. The number of nitrogen functional groups attached to an aromatic ring is 1. The maximum absolute atomic E-state index is 10.9. The molecule has 0 saturated heterocycles. The van der Waals surface area contributed by atoms with Gasteiger partial charge in [0, 0.05) is 18.7 Å². The quantitative estimate of drug-likeness (QED) is 0.497. The topological polar surface area (TPSA) is 81.2 Å². The molecule has 0 aromatic heterocycles. The van der Waals surface area contributed by atoms with Gasteiger partial charge in [0.15, 0.2) is 0 Å². The van der Waals surface area contributed by atoms with Gasteiger partial charge < -0.3 is 11.1 Å². The average Bonchev–Trinajstić information content (AvgIpc) is 2.39. The maximum atomic E-state index is 10.9. The SMILES string of the molecule is Cc1ccc([N+](=O)[O-])c(N)c1CNC1CCCCC1. The molecule has 1 saturated carbocycles. The van der Waals surface area contributed by atoms with E-state index in [1.54, 1.807) is 6.07 Å². The van der Waals surface area contributed by atoms with Gasteiger partial charge in [0.25, 0.3) is 5.69 Å². The van der Waals surface area contributed by atoms with E-state index in [4.69, 9.17) is 5.73 Å². The predicted octanol–water partition coefficient (Wildman–Crippen LogP) is 2.91. The van der Waals surface area contributed by atoms with Crippen molar-refractivity contribution in [1.29, 1.82) is 0 Å². The normalized spacial score (nSPS) is 16.5. The lowest BCUT2D eigenvalue weighted by molar-refractivity contribution is -0.384. The Balaban J connectivity index is 2.10. The van der Waals surface area contributed by atoms with Gasteiger partial charge in [-0.1, -0.05) is 25.3 Å². The lowest BCUT2D eigenvalue weighted by atomic mass is 9.95. The van der Waals surface area contributed by atoms with Gasteiger partial charge in [-0.25, -0.2) is 0 Å². The van der Waals surface area contributed by atoms with Crippen molar-refractivity contribution in [3.63, 3.8) is 0 Å². The van der Waals surface area contributed by atoms with E-state index in [1.165, 1.54) is 38.2 Å². The Morgan fingerprint density at radius 2 is 2.05 bits per heavy atom. The third-order valence-electron chi connectivity index (χ3n) is 3.94. The predicted molar refractivity (Wildman–Crippen MR) is 76.0 cm³/mol. The molecule has 1 aliphatic rings. The van der Waals surface area contributed by atoms with Crippen LogP contribution in [0.3, 0.4) is 0 Å². The molecule has 0 spiro atoms. The van der Waals surface area contributed by atoms with Gasteiger partial charge in [-0.05, 0) is 30.9 Å². The van der Waals surface area contributed by atoms with E-state index < -0.39 is 4.92 Å². The second-order valence-corrected chi connectivity index (χ2v) is 5.27. The van der Waals surface area contributed by atoms with E-state index in [-0.39, 0.29) is 5.69 Å². The number of nitrogens with one attached hydrogen (secondary N) is 1. The lowest BCUT2D eigenvalue weighted by Gasteiger charge is -2.23. The first-order chi connectivity index (χ1) is 9.09. The van der Waals surface area contributed by atoms with Crippen molar-refractivity contribution in [2.45, 2.75) is 51.6 Å². The standard InChI is InChI=1S/C14H21N3O2/c1-10-7-8-13(17(18)19)14(15)12(10)9-16-11-5-3-2-4-6-11/h7-8,11,16H,2-6,9,15H2,1H3. The molecule has 19 heavy (non-hydrogen) atoms. The lowest BCUT2D eigenvalue weighted by Crippen LogP contribution is -2.31. The Hall–Kier alpha value is -1.62. The minimum atomic E-state index is -0.418. The smallest absolute Gasteiger partial charge is 0.292 e. The van der Waals surface area contributed by atoms with Crippen LogP contribution in [0, 0.1) is 17.0 Å². The number of anilines is 1. The van der Waals surface area contributed by atoms with E-state index in [2.05, 4.69) is 5.32 Å². The molecule has 2 rings (SSSR count). The van der Waals surface area contributed by atoms with Crippen molar-refractivity contribution < 1.29 is 4.92 Å². The average molecular weight is 263 g/mol. The summed E-state index contributed by atoms with van der Waals surface area (Å²) in [7, 11) is 0. The highest BCUT2D eigenvalue weighted by molar-refractivity contribution is 5.65. The van der Waals surface area contributed by atoms with Crippen LogP contribution < -0.4 is 11.1 Å². The summed E-state index contributed by atoms with van der Waals surface area (Å²) < 4.78 is 0. The molecular weight excluding hydrogens is 242 g/mol. The molecule has 1 aliphatic carbocycles. The molecule has 1 aromatic rings. The van der Waals surface area contributed by atoms with Gasteiger partial charge in [0.1, 0.15) is 5.69 Å². The highest BCUT2D eigenvalue weighted by Crippen LogP contribution is 2.28. The second-order valence-electron chi connectivity index (χ2n) is 5.27. The highest BCUT2D eigenvalue weighted by Gasteiger charge is 2.18. The number of hydrogen-bond acceptors (Lipinski definition) is 4. The molecule has 104 valence electrons. The first-order valence-corrected chi connectivity index (χ1v) is 6.85. The number of benzene rings is 1. The summed E-state index contributed by atoms with van der Waals surface area (Å²) in [4.78, 5) is 10.5. The summed E-state index contributed by atoms with van der Waals surface area (Å²) in [5, 5.41) is 14.4. The summed E-state index contributed by atoms with van der Waals surface area (Å²) in [6.45, 7) is 2.56. The van der Waals surface area contributed by atoms with Crippen LogP contribution in [0.25, 0.3) is 0 Å². The van der Waals surface area contributed by atoms with E-state index >= 15 is 0 Å². The van der Waals surface area contributed by atoms with Crippen molar-refractivity contribution in [2.24, 2.45) is 0 Å². The number of nitro groups is 1. The fourth-order valence-electron chi connectivity index (χ4n) is 2.71. The van der Waals surface area contributed by atoms with Crippen molar-refractivity contribution in [3.8, 4) is 0 Å². The van der Waals surface area contributed by atoms with Gasteiger partial charge in [-0.2, -0.15) is 0 Å². The highest BCUT2D eigenvalue weighted by atomic mass is 16.6. The summed E-state index contributed by atoms with van der Waals surface area (Å²) in [6, 6.07) is 3.77. The Labute approximate surface area is 113 Å². The summed E-state index contributed by atoms with van der Waals surface area (Å²) >= 11 is 0. The van der Waals surface area contributed by atoms with E-state index in [9.17, 15) is 10.1 Å². The van der Waals surface area contributed by atoms with Crippen LogP contribution in [0.5, 0.6) is 0 Å². The fourth-order valence-corrected chi connectivity index (χ4v) is 2.71. The van der Waals surface area contributed by atoms with Crippen LogP contribution in [0.2, 0.25) is 0 Å². The molecule has 0 aliphatic heterocycles. The number of nitrogens with two attached hydrogens (primary N) is 1. The number of nitrogens with zero attached hydrogens (tertiary/aromatic N) is 1. The van der Waals surface area contributed by atoms with E-state index in [1.807, 2.05) is 6.92 Å². The van der Waals surface area contributed by atoms with Gasteiger partial charge in [-0.15, -0.1) is 0 Å². The van der Waals surface area contributed by atoms with Crippen LogP contribution in [0.15, 0.2) is 12.1 Å². The van der Waals surface area contributed by atoms with Crippen molar-refractivity contribution in [3.05, 3.63) is 33.4 Å². The monoisotopic (exact) mass is 263 g/mol.